The summed E-state index contributed by atoms with van der Waals surface area (Å²) in [6.07, 6.45) is 9.13. The highest BCUT2D eigenvalue weighted by Crippen LogP contribution is 2.52. The van der Waals surface area contributed by atoms with Crippen LogP contribution in [0.3, 0.4) is 0 Å². The molecule has 1 atom stereocenters. The number of hydrogen-bond acceptors (Lipinski definition) is 5. The van der Waals surface area contributed by atoms with Crippen LogP contribution in [-0.4, -0.2) is 51.3 Å². The molecule has 0 aromatic carbocycles. The van der Waals surface area contributed by atoms with Crippen LogP contribution in [-0.2, 0) is 11.3 Å². The van der Waals surface area contributed by atoms with Gasteiger partial charge in [0, 0.05) is 43.0 Å². The number of likely N-dealkylation sites (tertiary alicyclic amines) is 1. The van der Waals surface area contributed by atoms with Gasteiger partial charge in [-0.1, -0.05) is 11.6 Å². The molecule has 2 aliphatic carbocycles. The van der Waals surface area contributed by atoms with Gasteiger partial charge >= 0.3 is 0 Å². The topological polar surface area (TPSA) is 93.3 Å². The monoisotopic (exact) mass is 397 g/mol. The highest BCUT2D eigenvalue weighted by Gasteiger charge is 2.54. The Balaban J connectivity index is 1.33. The number of nitrogens with one attached hydrogen (secondary N) is 1. The summed E-state index contributed by atoms with van der Waals surface area (Å²) in [7, 11) is 0. The zero-order chi connectivity index (χ0) is 20.0. The fourth-order valence-electron chi connectivity index (χ4n) is 4.76. The van der Waals surface area contributed by atoms with E-state index in [1.807, 2.05) is 24.1 Å². The molecule has 5 rings (SSSR count). The predicted octanol–water partition coefficient (Wildman–Crippen LogP) is 2.00. The number of nitrogens with zero attached hydrogens (tertiary/aromatic N) is 4. The molecule has 2 aromatic rings. The molecule has 1 spiro atoms. The van der Waals surface area contributed by atoms with Crippen molar-refractivity contribution < 1.29 is 14.1 Å². The van der Waals surface area contributed by atoms with E-state index in [1.165, 1.54) is 12.8 Å². The predicted molar refractivity (Wildman–Crippen MR) is 104 cm³/mol. The molecule has 154 valence electrons. The fraction of sp³-hybridized carbons (Fsp3) is 0.619. The Morgan fingerprint density at radius 2 is 2.17 bits per heavy atom. The average Bonchev–Trinajstić information content (AvgIpc) is 3.07. The second-order valence-electron chi connectivity index (χ2n) is 8.91. The number of aryl methyl sites for hydroxylation is 1. The van der Waals surface area contributed by atoms with Crippen molar-refractivity contribution in [2.24, 2.45) is 17.3 Å². The first-order valence-electron chi connectivity index (χ1n) is 10.6. The van der Waals surface area contributed by atoms with E-state index in [1.54, 1.807) is 10.9 Å². The van der Waals surface area contributed by atoms with Crippen LogP contribution in [0, 0.1) is 24.2 Å². The summed E-state index contributed by atoms with van der Waals surface area (Å²) in [5, 5.41) is 11.4. The summed E-state index contributed by atoms with van der Waals surface area (Å²) in [5.41, 5.74) is 1.03. The van der Waals surface area contributed by atoms with Crippen LogP contribution >= 0.6 is 0 Å². The van der Waals surface area contributed by atoms with Gasteiger partial charge in [0.1, 0.15) is 5.76 Å². The van der Waals surface area contributed by atoms with Crippen molar-refractivity contribution in [2.45, 2.75) is 45.6 Å². The zero-order valence-electron chi connectivity index (χ0n) is 16.8. The van der Waals surface area contributed by atoms with Crippen molar-refractivity contribution in [2.75, 3.05) is 19.6 Å². The number of aromatic nitrogens is 3. The molecule has 3 fully saturated rings. The Morgan fingerprint density at radius 3 is 2.83 bits per heavy atom. The van der Waals surface area contributed by atoms with Crippen LogP contribution in [0.4, 0.5) is 0 Å². The molecule has 3 aliphatic rings. The molecule has 29 heavy (non-hydrogen) atoms. The third kappa shape index (κ3) is 3.34. The summed E-state index contributed by atoms with van der Waals surface area (Å²) in [6.45, 7) is 4.11. The van der Waals surface area contributed by atoms with Crippen LogP contribution in [0.25, 0.3) is 0 Å². The van der Waals surface area contributed by atoms with Crippen molar-refractivity contribution in [1.29, 1.82) is 0 Å². The maximum absolute atomic E-state index is 13.3. The summed E-state index contributed by atoms with van der Waals surface area (Å²) in [4.78, 5) is 28.0. The van der Waals surface area contributed by atoms with Gasteiger partial charge in [-0.05, 0) is 44.6 Å². The van der Waals surface area contributed by atoms with Crippen LogP contribution < -0.4 is 5.32 Å². The summed E-state index contributed by atoms with van der Waals surface area (Å²) < 4.78 is 7.10. The summed E-state index contributed by atoms with van der Waals surface area (Å²) in [6, 6.07) is 1.84. The summed E-state index contributed by atoms with van der Waals surface area (Å²) >= 11 is 0. The molecule has 3 heterocycles. The highest BCUT2D eigenvalue weighted by atomic mass is 16.5. The molecule has 1 saturated heterocycles. The van der Waals surface area contributed by atoms with Gasteiger partial charge in [-0.3, -0.25) is 14.3 Å². The van der Waals surface area contributed by atoms with Crippen LogP contribution in [0.5, 0.6) is 0 Å². The Morgan fingerprint density at radius 1 is 1.34 bits per heavy atom. The first-order valence-corrected chi connectivity index (χ1v) is 10.6. The van der Waals surface area contributed by atoms with Gasteiger partial charge in [-0.25, -0.2) is 0 Å². The largest absolute Gasteiger partial charge is 0.361 e. The normalized spacial score (nSPS) is 22.7. The highest BCUT2D eigenvalue weighted by molar-refractivity contribution is 5.95. The third-order valence-corrected chi connectivity index (χ3v) is 6.93. The minimum atomic E-state index is -0.146. The number of rotatable bonds is 6. The van der Waals surface area contributed by atoms with Gasteiger partial charge in [0.05, 0.1) is 12.5 Å². The molecule has 2 amide bonds. The van der Waals surface area contributed by atoms with Gasteiger partial charge in [-0.15, -0.1) is 0 Å². The Bertz CT molecular complexity index is 911. The maximum atomic E-state index is 13.3. The van der Waals surface area contributed by atoms with E-state index in [0.717, 1.165) is 31.4 Å². The number of amides is 2. The van der Waals surface area contributed by atoms with Crippen molar-refractivity contribution in [3.8, 4) is 0 Å². The Hall–Kier alpha value is -2.64. The molecule has 8 heteroatoms. The molecule has 0 radical (unpaired) electrons. The first-order chi connectivity index (χ1) is 14.1. The first kappa shape index (κ1) is 18.4. The molecule has 1 aliphatic heterocycles. The molecular weight excluding hydrogens is 370 g/mol. The van der Waals surface area contributed by atoms with Crippen molar-refractivity contribution >= 4 is 11.8 Å². The standard InChI is InChI=1S/C21H27N5O3/c1-14-16(11-26-9-3-8-23-26)18(24-29-14)20(28)25-12-17(21(13-25)6-2-7-21)19(27)22-10-15-4-5-15/h3,8-9,15,17H,2,4-7,10-13H2,1H3,(H,22,27). The third-order valence-electron chi connectivity index (χ3n) is 6.93. The average molecular weight is 397 g/mol. The number of carbonyl (C=O) groups excluding carboxylic acids is 2. The van der Waals surface area contributed by atoms with E-state index in [4.69, 9.17) is 4.52 Å². The second kappa shape index (κ2) is 7.00. The van der Waals surface area contributed by atoms with E-state index in [-0.39, 0.29) is 23.1 Å². The van der Waals surface area contributed by atoms with Gasteiger partial charge in [0.25, 0.3) is 5.91 Å². The SMILES string of the molecule is Cc1onc(C(=O)N2CC(C(=O)NCC3CC3)C3(CCC3)C2)c1Cn1cccn1. The Labute approximate surface area is 169 Å². The lowest BCUT2D eigenvalue weighted by Gasteiger charge is -2.41. The van der Waals surface area contributed by atoms with Crippen molar-refractivity contribution in [1.82, 2.24) is 25.2 Å². The van der Waals surface area contributed by atoms with Gasteiger partial charge in [-0.2, -0.15) is 5.10 Å². The van der Waals surface area contributed by atoms with Crippen LogP contribution in [0.15, 0.2) is 23.0 Å². The second-order valence-corrected chi connectivity index (χ2v) is 8.91. The lowest BCUT2D eigenvalue weighted by Crippen LogP contribution is -2.45. The molecule has 1 N–H and O–H groups in total. The lowest BCUT2D eigenvalue weighted by molar-refractivity contribution is -0.129. The Kier molecular flexibility index (Phi) is 4.44. The van der Waals surface area contributed by atoms with Crippen LogP contribution in [0.1, 0.15) is 53.9 Å². The summed E-state index contributed by atoms with van der Waals surface area (Å²) in [5.74, 6) is 1.12. The van der Waals surface area contributed by atoms with E-state index in [2.05, 4.69) is 15.6 Å². The van der Waals surface area contributed by atoms with Gasteiger partial charge in [0.15, 0.2) is 5.69 Å². The van der Waals surface area contributed by atoms with Crippen molar-refractivity contribution in [3.05, 3.63) is 35.5 Å². The van der Waals surface area contributed by atoms with E-state index < -0.39 is 0 Å². The number of carbonyl (C=O) groups is 2. The molecular formula is C21H27N5O3. The number of hydrogen-bond donors (Lipinski definition) is 1. The van der Waals surface area contributed by atoms with Crippen molar-refractivity contribution in [3.63, 3.8) is 0 Å². The molecule has 0 bridgehead atoms. The minimum absolute atomic E-state index is 0.0653. The molecule has 8 nitrogen and oxygen atoms in total. The molecule has 2 saturated carbocycles. The van der Waals surface area contributed by atoms with E-state index in [0.29, 0.717) is 37.0 Å². The van der Waals surface area contributed by atoms with Gasteiger partial charge < -0.3 is 14.7 Å². The molecule has 2 aromatic heterocycles. The fourth-order valence-corrected chi connectivity index (χ4v) is 4.76. The molecule has 1 unspecified atom stereocenters. The van der Waals surface area contributed by atoms with Crippen LogP contribution in [0.2, 0.25) is 0 Å². The quantitative estimate of drug-likeness (QED) is 0.805. The maximum Gasteiger partial charge on any atom is 0.276 e. The lowest BCUT2D eigenvalue weighted by atomic mass is 9.62. The smallest absolute Gasteiger partial charge is 0.276 e. The zero-order valence-corrected chi connectivity index (χ0v) is 16.8. The van der Waals surface area contributed by atoms with E-state index in [9.17, 15) is 9.59 Å². The minimum Gasteiger partial charge on any atom is -0.361 e. The van der Waals surface area contributed by atoms with E-state index >= 15 is 0 Å². The van der Waals surface area contributed by atoms with Gasteiger partial charge in [0.2, 0.25) is 5.91 Å².